The first-order valence-electron chi connectivity index (χ1n) is 6.31. The molecule has 4 heteroatoms. The fraction of sp³-hybridized carbons (Fsp3) is 0. The van der Waals surface area contributed by atoms with Gasteiger partial charge < -0.3 is 0 Å². The van der Waals surface area contributed by atoms with E-state index in [1.165, 1.54) is 16.2 Å². The molecule has 4 aromatic carbocycles. The zero-order chi connectivity index (χ0) is 13.7. The zero-order valence-corrected chi connectivity index (χ0v) is 11.4. The van der Waals surface area contributed by atoms with E-state index in [-0.39, 0.29) is 0 Å². The first kappa shape index (κ1) is 11.5. The molecule has 0 unspecified atom stereocenters. The molecule has 0 saturated carbocycles. The maximum Gasteiger partial charge on any atom is 0.222 e. The molecule has 0 aliphatic carbocycles. The Balaban J connectivity index is 2.25. The van der Waals surface area contributed by atoms with Gasteiger partial charge in [-0.1, -0.05) is 48.5 Å². The minimum absolute atomic E-state index is 0.631. The molecule has 0 atom stereocenters. The van der Waals surface area contributed by atoms with Gasteiger partial charge in [0.05, 0.1) is 5.69 Å². The van der Waals surface area contributed by atoms with Crippen molar-refractivity contribution in [2.45, 2.75) is 0 Å². The Morgan fingerprint density at radius 1 is 0.700 bits per heavy atom. The lowest BCUT2D eigenvalue weighted by Gasteiger charge is -2.13. The Hall–Kier alpha value is -2.33. The molecule has 0 spiro atoms. The first-order valence-corrected chi connectivity index (χ1v) is 7.49. The van der Waals surface area contributed by atoms with Crippen LogP contribution in [-0.4, -0.2) is 8.42 Å². The smallest absolute Gasteiger partial charge is 0.222 e. The highest BCUT2D eigenvalue weighted by atomic mass is 32.2. The topological polar surface area (TPSA) is 46.2 Å². The van der Waals surface area contributed by atoms with Crippen LogP contribution in [0.5, 0.6) is 0 Å². The third kappa shape index (κ3) is 1.55. The monoisotopic (exact) mass is 281 g/mol. The van der Waals surface area contributed by atoms with Crippen molar-refractivity contribution >= 4 is 48.9 Å². The molecule has 0 fully saturated rings. The molecule has 0 aliphatic rings. The highest BCUT2D eigenvalue weighted by molar-refractivity contribution is 7.73. The van der Waals surface area contributed by atoms with Gasteiger partial charge in [-0.05, 0) is 33.0 Å². The fourth-order valence-corrected chi connectivity index (χ4v) is 3.32. The highest BCUT2D eigenvalue weighted by Crippen LogP contribution is 2.37. The molecule has 0 aromatic heterocycles. The Kier molecular flexibility index (Phi) is 2.35. The van der Waals surface area contributed by atoms with Gasteiger partial charge in [0.2, 0.25) is 10.9 Å². The second kappa shape index (κ2) is 4.08. The van der Waals surface area contributed by atoms with E-state index in [9.17, 15) is 8.42 Å². The van der Waals surface area contributed by atoms with Crippen molar-refractivity contribution in [1.29, 1.82) is 0 Å². The van der Waals surface area contributed by atoms with Gasteiger partial charge in [0.1, 0.15) is 0 Å². The largest absolute Gasteiger partial charge is 0.285 e. The third-order valence-corrected chi connectivity index (χ3v) is 4.16. The van der Waals surface area contributed by atoms with Crippen LogP contribution in [0.25, 0.3) is 32.3 Å². The molecule has 0 heterocycles. The van der Waals surface area contributed by atoms with Crippen LogP contribution in [-0.2, 0) is 10.9 Å². The number of benzene rings is 4. The Labute approximate surface area is 117 Å². The number of hydrogen-bond donors (Lipinski definition) is 2. The van der Waals surface area contributed by atoms with E-state index >= 15 is 0 Å². The molecule has 0 bridgehead atoms. The van der Waals surface area contributed by atoms with E-state index in [0.717, 1.165) is 16.2 Å². The summed E-state index contributed by atoms with van der Waals surface area (Å²) in [5, 5.41) is 6.70. The fourth-order valence-electron chi connectivity index (χ4n) is 2.93. The average Bonchev–Trinajstić information content (AvgIpc) is 2.46. The van der Waals surface area contributed by atoms with Gasteiger partial charge in [-0.15, -0.1) is 0 Å². The summed E-state index contributed by atoms with van der Waals surface area (Å²) in [7, 11) is -2.66. The predicted molar refractivity (Wildman–Crippen MR) is 84.1 cm³/mol. The zero-order valence-electron chi connectivity index (χ0n) is 10.5. The van der Waals surface area contributed by atoms with E-state index in [2.05, 4.69) is 29.0 Å². The summed E-state index contributed by atoms with van der Waals surface area (Å²) in [5.41, 5.74) is 0.631. The van der Waals surface area contributed by atoms with Gasteiger partial charge in [-0.25, -0.2) is 8.42 Å². The standard InChI is InChI=1S/C16H11NO2S/c18-20(19)17-14-9-7-12-5-4-10-2-1-3-11-6-8-13(14)16(12)15(10)11/h1-9,20H,(H,17,18,19). The van der Waals surface area contributed by atoms with Crippen LogP contribution in [0.4, 0.5) is 5.69 Å². The molecule has 4 aromatic rings. The van der Waals surface area contributed by atoms with Crippen LogP contribution < -0.4 is 4.72 Å². The molecular formula is C16H11NO2S. The molecule has 0 amide bonds. The van der Waals surface area contributed by atoms with Crippen molar-refractivity contribution in [2.75, 3.05) is 4.72 Å². The van der Waals surface area contributed by atoms with Crippen LogP contribution in [0.15, 0.2) is 54.6 Å². The van der Waals surface area contributed by atoms with E-state index in [4.69, 9.17) is 0 Å². The van der Waals surface area contributed by atoms with Crippen molar-refractivity contribution in [3.63, 3.8) is 0 Å². The van der Waals surface area contributed by atoms with Crippen molar-refractivity contribution in [3.8, 4) is 0 Å². The van der Waals surface area contributed by atoms with E-state index in [1.54, 1.807) is 0 Å². The summed E-state index contributed by atoms with van der Waals surface area (Å²) in [6.07, 6.45) is 0. The van der Waals surface area contributed by atoms with Crippen LogP contribution in [0.3, 0.4) is 0 Å². The maximum absolute atomic E-state index is 11.0. The van der Waals surface area contributed by atoms with Crippen molar-refractivity contribution in [2.24, 2.45) is 0 Å². The molecule has 1 N–H and O–H groups in total. The molecule has 0 saturated heterocycles. The first-order chi connectivity index (χ1) is 9.74. The Morgan fingerprint density at radius 3 is 2.00 bits per heavy atom. The third-order valence-electron chi connectivity index (χ3n) is 3.74. The van der Waals surface area contributed by atoms with Gasteiger partial charge in [0.15, 0.2) is 0 Å². The van der Waals surface area contributed by atoms with Gasteiger partial charge in [0, 0.05) is 5.39 Å². The average molecular weight is 281 g/mol. The SMILES string of the molecule is O=[SH](=O)Nc1ccc2ccc3cccc4ccc1c2c34. The number of rotatable bonds is 2. The molecule has 4 rings (SSSR count). The summed E-state index contributed by atoms with van der Waals surface area (Å²) in [6.45, 7) is 0. The van der Waals surface area contributed by atoms with Gasteiger partial charge in [-0.3, -0.25) is 4.72 Å². The predicted octanol–water partition coefficient (Wildman–Crippen LogP) is 3.52. The summed E-state index contributed by atoms with van der Waals surface area (Å²) in [4.78, 5) is 0. The van der Waals surface area contributed by atoms with E-state index in [1.807, 2.05) is 30.3 Å². The normalized spacial score (nSPS) is 11.8. The molecule has 98 valence electrons. The maximum atomic E-state index is 11.0. The molecule has 0 aliphatic heterocycles. The second-order valence-electron chi connectivity index (χ2n) is 4.84. The molecule has 3 nitrogen and oxygen atoms in total. The summed E-state index contributed by atoms with van der Waals surface area (Å²) < 4.78 is 24.4. The van der Waals surface area contributed by atoms with E-state index in [0.29, 0.717) is 5.69 Å². The number of anilines is 1. The molecular weight excluding hydrogens is 270 g/mol. The van der Waals surface area contributed by atoms with Crippen molar-refractivity contribution in [3.05, 3.63) is 54.6 Å². The lowest BCUT2D eigenvalue weighted by atomic mass is 9.94. The Bertz CT molecular complexity index is 997. The minimum atomic E-state index is -2.66. The van der Waals surface area contributed by atoms with Crippen LogP contribution >= 0.6 is 0 Å². The van der Waals surface area contributed by atoms with Gasteiger partial charge in [0.25, 0.3) is 0 Å². The van der Waals surface area contributed by atoms with Crippen LogP contribution in [0, 0.1) is 0 Å². The van der Waals surface area contributed by atoms with E-state index < -0.39 is 10.9 Å². The summed E-state index contributed by atoms with van der Waals surface area (Å²) in [5.74, 6) is 0. The number of nitrogens with one attached hydrogen (secondary N) is 1. The second-order valence-corrected chi connectivity index (χ2v) is 5.58. The highest BCUT2D eigenvalue weighted by Gasteiger charge is 2.10. The number of hydrogen-bond acceptors (Lipinski definition) is 2. The minimum Gasteiger partial charge on any atom is -0.285 e. The lowest BCUT2D eigenvalue weighted by molar-refractivity contribution is 0.619. The van der Waals surface area contributed by atoms with Gasteiger partial charge >= 0.3 is 0 Å². The van der Waals surface area contributed by atoms with Gasteiger partial charge in [-0.2, -0.15) is 0 Å². The van der Waals surface area contributed by atoms with Crippen molar-refractivity contribution in [1.82, 2.24) is 0 Å². The Morgan fingerprint density at radius 2 is 1.30 bits per heavy atom. The van der Waals surface area contributed by atoms with Crippen molar-refractivity contribution < 1.29 is 8.42 Å². The molecule has 20 heavy (non-hydrogen) atoms. The van der Waals surface area contributed by atoms with Crippen LogP contribution in [0.1, 0.15) is 0 Å². The summed E-state index contributed by atoms with van der Waals surface area (Å²) in [6, 6.07) is 18.2. The quantitative estimate of drug-likeness (QED) is 0.436. The number of thiol groups is 1. The summed E-state index contributed by atoms with van der Waals surface area (Å²) >= 11 is 0. The van der Waals surface area contributed by atoms with Crippen LogP contribution in [0.2, 0.25) is 0 Å². The molecule has 0 radical (unpaired) electrons. The lowest BCUT2D eigenvalue weighted by Crippen LogP contribution is -1.96.